The summed E-state index contributed by atoms with van der Waals surface area (Å²) in [4.78, 5) is 14.6. The van der Waals surface area contributed by atoms with E-state index in [0.29, 0.717) is 29.2 Å². The predicted octanol–water partition coefficient (Wildman–Crippen LogP) is 2.21. The maximum absolute atomic E-state index is 11.8. The fourth-order valence-electron chi connectivity index (χ4n) is 2.02. The topological polar surface area (TPSA) is 71.5 Å². The smallest absolute Gasteiger partial charge is 0.254 e. The van der Waals surface area contributed by atoms with E-state index >= 15 is 0 Å². The number of aliphatic hydroxyl groups is 1. The molecule has 0 aliphatic heterocycles. The molecule has 20 heavy (non-hydrogen) atoms. The molecule has 1 aromatic carbocycles. The maximum Gasteiger partial charge on any atom is 0.254 e. The molecule has 0 unspecified atom stereocenters. The van der Waals surface area contributed by atoms with Crippen LogP contribution in [0, 0.1) is 0 Å². The zero-order valence-corrected chi connectivity index (χ0v) is 11.7. The Bertz CT molecular complexity index is 648. The van der Waals surface area contributed by atoms with Crippen LogP contribution in [0.5, 0.6) is 11.5 Å². The zero-order chi connectivity index (χ0) is 14.5. The molecule has 5 nitrogen and oxygen atoms in total. The van der Waals surface area contributed by atoms with Crippen LogP contribution in [0.4, 0.5) is 0 Å². The van der Waals surface area contributed by atoms with Crippen LogP contribution in [0.3, 0.4) is 0 Å². The highest BCUT2D eigenvalue weighted by Gasteiger charge is 2.12. The first kappa shape index (κ1) is 14.4. The maximum atomic E-state index is 11.8. The number of unbranched alkanes of at least 4 members (excludes halogenated alkanes) is 1. The molecule has 1 heterocycles. The molecular weight excluding hydrogens is 258 g/mol. The van der Waals surface area contributed by atoms with Gasteiger partial charge in [0.1, 0.15) is 0 Å². The highest BCUT2D eigenvalue weighted by Crippen LogP contribution is 2.34. The highest BCUT2D eigenvalue weighted by molar-refractivity contribution is 5.87. The molecular formula is C15H19NO4. The Morgan fingerprint density at radius 1 is 1.35 bits per heavy atom. The Balaban J connectivity index is 2.55. The summed E-state index contributed by atoms with van der Waals surface area (Å²) in [7, 11) is 1.56. The van der Waals surface area contributed by atoms with Gasteiger partial charge in [-0.2, -0.15) is 0 Å². The summed E-state index contributed by atoms with van der Waals surface area (Å²) < 4.78 is 11.0. The second-order valence-corrected chi connectivity index (χ2v) is 4.55. The molecule has 0 spiro atoms. The van der Waals surface area contributed by atoms with Gasteiger partial charge in [-0.1, -0.05) is 13.3 Å². The molecule has 0 bridgehead atoms. The van der Waals surface area contributed by atoms with Crippen molar-refractivity contribution in [3.63, 3.8) is 0 Å². The summed E-state index contributed by atoms with van der Waals surface area (Å²) in [5.74, 6) is 1.13. The Morgan fingerprint density at radius 2 is 2.15 bits per heavy atom. The van der Waals surface area contributed by atoms with E-state index in [9.17, 15) is 4.79 Å². The molecule has 1 aromatic heterocycles. The van der Waals surface area contributed by atoms with E-state index in [4.69, 9.17) is 14.6 Å². The molecule has 5 heteroatoms. The number of aliphatic hydroxyl groups excluding tert-OH is 1. The summed E-state index contributed by atoms with van der Waals surface area (Å²) in [6.07, 6.45) is 1.96. The third kappa shape index (κ3) is 2.77. The largest absolute Gasteiger partial charge is 0.493 e. The van der Waals surface area contributed by atoms with Crippen molar-refractivity contribution in [3.05, 3.63) is 34.1 Å². The summed E-state index contributed by atoms with van der Waals surface area (Å²) in [5, 5.41) is 9.95. The number of benzene rings is 1. The summed E-state index contributed by atoms with van der Waals surface area (Å²) >= 11 is 0. The van der Waals surface area contributed by atoms with Crippen molar-refractivity contribution < 1.29 is 14.6 Å². The molecule has 0 radical (unpaired) electrons. The number of nitrogens with one attached hydrogen (secondary N) is 1. The lowest BCUT2D eigenvalue weighted by Gasteiger charge is -2.13. The van der Waals surface area contributed by atoms with Gasteiger partial charge in [0.05, 0.1) is 25.8 Å². The van der Waals surface area contributed by atoms with Crippen molar-refractivity contribution in [1.29, 1.82) is 0 Å². The average molecular weight is 277 g/mol. The van der Waals surface area contributed by atoms with Crippen LogP contribution in [0.1, 0.15) is 25.3 Å². The lowest BCUT2D eigenvalue weighted by molar-refractivity contribution is 0.280. The Labute approximate surface area is 117 Å². The SMILES string of the molecule is CCCCOc1c(OC)ccc2cc(CO)c(=O)[nH]c12. The Kier molecular flexibility index (Phi) is 4.63. The molecule has 0 amide bonds. The number of aromatic nitrogens is 1. The molecule has 108 valence electrons. The Morgan fingerprint density at radius 3 is 2.80 bits per heavy atom. The van der Waals surface area contributed by atoms with E-state index in [1.807, 2.05) is 6.07 Å². The van der Waals surface area contributed by atoms with E-state index in [0.717, 1.165) is 18.2 Å². The zero-order valence-electron chi connectivity index (χ0n) is 11.7. The number of rotatable bonds is 6. The minimum absolute atomic E-state index is 0.288. The number of aromatic amines is 1. The van der Waals surface area contributed by atoms with Crippen LogP contribution in [-0.2, 0) is 6.61 Å². The lowest BCUT2D eigenvalue weighted by Crippen LogP contribution is -2.13. The van der Waals surface area contributed by atoms with Gasteiger partial charge in [-0.15, -0.1) is 0 Å². The highest BCUT2D eigenvalue weighted by atomic mass is 16.5. The third-order valence-electron chi connectivity index (χ3n) is 3.15. The van der Waals surface area contributed by atoms with Crippen LogP contribution < -0.4 is 15.0 Å². The van der Waals surface area contributed by atoms with Gasteiger partial charge in [0.15, 0.2) is 11.5 Å². The van der Waals surface area contributed by atoms with Crippen LogP contribution in [0.15, 0.2) is 23.0 Å². The van der Waals surface area contributed by atoms with Crippen LogP contribution in [0.2, 0.25) is 0 Å². The molecule has 0 saturated heterocycles. The first-order chi connectivity index (χ1) is 9.71. The van der Waals surface area contributed by atoms with Crippen molar-refractivity contribution in [2.75, 3.05) is 13.7 Å². The van der Waals surface area contributed by atoms with Crippen LogP contribution >= 0.6 is 0 Å². The van der Waals surface area contributed by atoms with Gasteiger partial charge >= 0.3 is 0 Å². The van der Waals surface area contributed by atoms with Crippen molar-refractivity contribution in [3.8, 4) is 11.5 Å². The van der Waals surface area contributed by atoms with Gasteiger partial charge in [-0.05, 0) is 24.6 Å². The van der Waals surface area contributed by atoms with Crippen molar-refractivity contribution >= 4 is 10.9 Å². The summed E-state index contributed by atoms with van der Waals surface area (Å²) in [6.45, 7) is 2.36. The molecule has 2 N–H and O–H groups in total. The van der Waals surface area contributed by atoms with E-state index in [-0.39, 0.29) is 12.2 Å². The van der Waals surface area contributed by atoms with E-state index in [1.165, 1.54) is 0 Å². The Hall–Kier alpha value is -2.01. The normalized spacial score (nSPS) is 10.8. The first-order valence-corrected chi connectivity index (χ1v) is 6.67. The molecule has 0 atom stereocenters. The van der Waals surface area contributed by atoms with Crippen molar-refractivity contribution in [2.45, 2.75) is 26.4 Å². The molecule has 0 fully saturated rings. The summed E-state index contributed by atoms with van der Waals surface area (Å²) in [6, 6.07) is 5.29. The molecule has 0 aliphatic rings. The predicted molar refractivity (Wildman–Crippen MR) is 77.4 cm³/mol. The van der Waals surface area contributed by atoms with Gasteiger partial charge in [-0.25, -0.2) is 0 Å². The number of hydrogen-bond donors (Lipinski definition) is 2. The van der Waals surface area contributed by atoms with E-state index < -0.39 is 0 Å². The van der Waals surface area contributed by atoms with Gasteiger partial charge in [0.2, 0.25) is 0 Å². The van der Waals surface area contributed by atoms with Crippen LogP contribution in [-0.4, -0.2) is 23.8 Å². The van der Waals surface area contributed by atoms with Gasteiger partial charge in [0.25, 0.3) is 5.56 Å². The van der Waals surface area contributed by atoms with Crippen molar-refractivity contribution in [2.24, 2.45) is 0 Å². The molecule has 0 saturated carbocycles. The number of H-pyrrole nitrogens is 1. The third-order valence-corrected chi connectivity index (χ3v) is 3.15. The molecule has 2 rings (SSSR count). The molecule has 2 aromatic rings. The van der Waals surface area contributed by atoms with Gasteiger partial charge < -0.3 is 19.6 Å². The number of methoxy groups -OCH3 is 1. The lowest BCUT2D eigenvalue weighted by atomic mass is 10.1. The standard InChI is InChI=1S/C15H19NO4/c1-3-4-7-20-14-12(19-2)6-5-10-8-11(9-17)15(18)16-13(10)14/h5-6,8,17H,3-4,7,9H2,1-2H3,(H,16,18). The van der Waals surface area contributed by atoms with E-state index in [1.54, 1.807) is 19.2 Å². The first-order valence-electron chi connectivity index (χ1n) is 6.67. The summed E-state index contributed by atoms with van der Waals surface area (Å²) in [5.41, 5.74) is 0.624. The van der Waals surface area contributed by atoms with Crippen LogP contribution in [0.25, 0.3) is 10.9 Å². The molecule has 0 aliphatic carbocycles. The minimum atomic E-state index is -0.311. The van der Waals surface area contributed by atoms with E-state index in [2.05, 4.69) is 11.9 Å². The number of ether oxygens (including phenoxy) is 2. The number of fused-ring (bicyclic) bond motifs is 1. The minimum Gasteiger partial charge on any atom is -0.493 e. The second kappa shape index (κ2) is 6.43. The van der Waals surface area contributed by atoms with Gasteiger partial charge in [0, 0.05) is 10.9 Å². The monoisotopic (exact) mass is 277 g/mol. The quantitative estimate of drug-likeness (QED) is 0.794. The van der Waals surface area contributed by atoms with Crippen molar-refractivity contribution in [1.82, 2.24) is 4.98 Å². The second-order valence-electron chi connectivity index (χ2n) is 4.55. The fraction of sp³-hybridized carbons (Fsp3) is 0.400. The fourth-order valence-corrected chi connectivity index (χ4v) is 2.02. The average Bonchev–Trinajstić information content (AvgIpc) is 2.47. The number of hydrogen-bond acceptors (Lipinski definition) is 4. The van der Waals surface area contributed by atoms with Gasteiger partial charge in [-0.3, -0.25) is 4.79 Å². The number of pyridine rings is 1.